The van der Waals surface area contributed by atoms with Gasteiger partial charge in [-0.25, -0.2) is 4.98 Å². The van der Waals surface area contributed by atoms with Crippen molar-refractivity contribution in [3.8, 4) is 22.8 Å². The molecule has 1 saturated carbocycles. The topological polar surface area (TPSA) is 73.1 Å². The Labute approximate surface area is 237 Å². The van der Waals surface area contributed by atoms with Gasteiger partial charge in [-0.2, -0.15) is 0 Å². The number of para-hydroxylation sites is 1. The summed E-state index contributed by atoms with van der Waals surface area (Å²) < 4.78 is 7.49. The van der Waals surface area contributed by atoms with Crippen molar-refractivity contribution in [2.75, 3.05) is 13.7 Å². The van der Waals surface area contributed by atoms with Crippen LogP contribution in [0.15, 0.2) is 65.1 Å². The number of nitrogens with zero attached hydrogens (tertiary/aromatic N) is 5. The van der Waals surface area contributed by atoms with Gasteiger partial charge in [0.25, 0.3) is 5.91 Å². The molecule has 2 aromatic carbocycles. The van der Waals surface area contributed by atoms with E-state index >= 15 is 0 Å². The molecule has 2 atom stereocenters. The SMILES string of the molecule is COc1cccc(-c2nnc(SCc3nc(C(=O)N4CC5(C)CC4CC(C)(C)C5)cs3)n2-c2ccccc2)c1. The molecule has 1 saturated heterocycles. The molecule has 1 amide bonds. The first-order chi connectivity index (χ1) is 18.7. The Bertz CT molecular complexity index is 1500. The molecule has 4 aromatic rings. The van der Waals surface area contributed by atoms with Crippen molar-refractivity contribution in [2.45, 2.75) is 57.0 Å². The normalized spacial score (nSPS) is 21.7. The molecule has 202 valence electrons. The van der Waals surface area contributed by atoms with Crippen LogP contribution in [0.2, 0.25) is 0 Å². The van der Waals surface area contributed by atoms with Gasteiger partial charge in [0.15, 0.2) is 11.0 Å². The second kappa shape index (κ2) is 10.1. The van der Waals surface area contributed by atoms with E-state index in [-0.39, 0.29) is 16.7 Å². The van der Waals surface area contributed by atoms with Gasteiger partial charge >= 0.3 is 0 Å². The Balaban J connectivity index is 1.22. The number of benzene rings is 2. The number of fused-ring (bicyclic) bond motifs is 2. The summed E-state index contributed by atoms with van der Waals surface area (Å²) >= 11 is 3.11. The number of ether oxygens (including phenoxy) is 1. The molecule has 2 bridgehead atoms. The van der Waals surface area contributed by atoms with Gasteiger partial charge in [-0.1, -0.05) is 62.9 Å². The van der Waals surface area contributed by atoms with Gasteiger partial charge in [0.2, 0.25) is 0 Å². The molecule has 1 aliphatic heterocycles. The number of likely N-dealkylation sites (tertiary alicyclic amines) is 1. The monoisotopic (exact) mass is 559 g/mol. The van der Waals surface area contributed by atoms with Crippen LogP contribution in [0, 0.1) is 10.8 Å². The van der Waals surface area contributed by atoms with E-state index in [1.165, 1.54) is 17.8 Å². The molecule has 2 aromatic heterocycles. The third-order valence-corrected chi connectivity index (χ3v) is 9.72. The average Bonchev–Trinajstić information content (AvgIpc) is 3.62. The summed E-state index contributed by atoms with van der Waals surface area (Å²) in [5.74, 6) is 2.19. The molecule has 7 nitrogen and oxygen atoms in total. The molecule has 1 aliphatic carbocycles. The summed E-state index contributed by atoms with van der Waals surface area (Å²) in [7, 11) is 1.66. The van der Waals surface area contributed by atoms with Crippen molar-refractivity contribution in [3.05, 3.63) is 70.7 Å². The predicted octanol–water partition coefficient (Wildman–Crippen LogP) is 6.73. The number of hydrogen-bond acceptors (Lipinski definition) is 7. The quantitative estimate of drug-likeness (QED) is 0.234. The van der Waals surface area contributed by atoms with Crippen LogP contribution in [-0.4, -0.2) is 50.3 Å². The number of thiazole rings is 1. The van der Waals surface area contributed by atoms with Crippen molar-refractivity contribution in [1.82, 2.24) is 24.6 Å². The van der Waals surface area contributed by atoms with Crippen molar-refractivity contribution < 1.29 is 9.53 Å². The van der Waals surface area contributed by atoms with E-state index < -0.39 is 0 Å². The van der Waals surface area contributed by atoms with E-state index in [1.807, 2.05) is 60.0 Å². The van der Waals surface area contributed by atoms with E-state index in [0.717, 1.165) is 52.4 Å². The molecule has 2 unspecified atom stereocenters. The van der Waals surface area contributed by atoms with Gasteiger partial charge in [-0.05, 0) is 54.4 Å². The summed E-state index contributed by atoms with van der Waals surface area (Å²) in [6.45, 7) is 7.82. The number of carbonyl (C=O) groups is 1. The minimum atomic E-state index is 0.0710. The van der Waals surface area contributed by atoms with Crippen LogP contribution in [0.5, 0.6) is 5.75 Å². The van der Waals surface area contributed by atoms with Crippen molar-refractivity contribution >= 4 is 29.0 Å². The number of methoxy groups -OCH3 is 1. The zero-order chi connectivity index (χ0) is 27.2. The highest BCUT2D eigenvalue weighted by atomic mass is 32.2. The van der Waals surface area contributed by atoms with Crippen molar-refractivity contribution in [2.24, 2.45) is 10.8 Å². The highest BCUT2D eigenvalue weighted by Crippen LogP contribution is 2.52. The van der Waals surface area contributed by atoms with Crippen LogP contribution in [0.3, 0.4) is 0 Å². The van der Waals surface area contributed by atoms with E-state index in [1.54, 1.807) is 18.9 Å². The van der Waals surface area contributed by atoms with Gasteiger partial charge in [-0.15, -0.1) is 21.5 Å². The van der Waals surface area contributed by atoms with Crippen molar-refractivity contribution in [3.63, 3.8) is 0 Å². The van der Waals surface area contributed by atoms with Crippen LogP contribution >= 0.6 is 23.1 Å². The molecule has 2 aliphatic rings. The minimum Gasteiger partial charge on any atom is -0.497 e. The average molecular weight is 560 g/mol. The van der Waals surface area contributed by atoms with Crippen LogP contribution in [0.1, 0.15) is 55.5 Å². The van der Waals surface area contributed by atoms with Crippen LogP contribution in [0.25, 0.3) is 17.1 Å². The molecular formula is C30H33N5O2S2. The number of aromatic nitrogens is 4. The fraction of sp³-hybridized carbons (Fsp3) is 0.400. The highest BCUT2D eigenvalue weighted by molar-refractivity contribution is 7.98. The molecule has 0 spiro atoms. The summed E-state index contributed by atoms with van der Waals surface area (Å²) in [6.07, 6.45) is 3.32. The summed E-state index contributed by atoms with van der Waals surface area (Å²) in [6, 6.07) is 18.3. The summed E-state index contributed by atoms with van der Waals surface area (Å²) in [4.78, 5) is 20.4. The van der Waals surface area contributed by atoms with Gasteiger partial charge < -0.3 is 9.64 Å². The number of hydrogen-bond donors (Lipinski definition) is 0. The molecule has 0 radical (unpaired) electrons. The van der Waals surface area contributed by atoms with E-state index in [0.29, 0.717) is 17.5 Å². The van der Waals surface area contributed by atoms with E-state index in [2.05, 4.69) is 40.4 Å². The smallest absolute Gasteiger partial charge is 0.273 e. The Hall–Kier alpha value is -3.17. The van der Waals surface area contributed by atoms with Gasteiger partial charge in [0, 0.05) is 29.2 Å². The first-order valence-electron chi connectivity index (χ1n) is 13.3. The van der Waals surface area contributed by atoms with Crippen LogP contribution in [-0.2, 0) is 5.75 Å². The van der Waals surface area contributed by atoms with Crippen LogP contribution in [0.4, 0.5) is 0 Å². The van der Waals surface area contributed by atoms with Gasteiger partial charge in [0.1, 0.15) is 16.5 Å². The number of carbonyl (C=O) groups excluding carboxylic acids is 1. The third kappa shape index (κ3) is 5.22. The Kier molecular flexibility index (Phi) is 6.75. The highest BCUT2D eigenvalue weighted by Gasteiger charge is 2.51. The lowest BCUT2D eigenvalue weighted by molar-refractivity contribution is 0.0703. The maximum absolute atomic E-state index is 13.5. The lowest BCUT2D eigenvalue weighted by atomic mass is 9.65. The molecule has 39 heavy (non-hydrogen) atoms. The first-order valence-corrected chi connectivity index (χ1v) is 15.1. The maximum Gasteiger partial charge on any atom is 0.273 e. The largest absolute Gasteiger partial charge is 0.497 e. The molecule has 0 N–H and O–H groups in total. The first kappa shape index (κ1) is 26.1. The predicted molar refractivity (Wildman–Crippen MR) is 156 cm³/mol. The minimum absolute atomic E-state index is 0.0710. The molecule has 3 heterocycles. The molecular weight excluding hydrogens is 526 g/mol. The van der Waals surface area contributed by atoms with E-state index in [9.17, 15) is 4.79 Å². The second-order valence-electron chi connectivity index (χ2n) is 11.8. The lowest BCUT2D eigenvalue weighted by Gasteiger charge is -2.39. The summed E-state index contributed by atoms with van der Waals surface area (Å²) in [5, 5.41) is 12.7. The van der Waals surface area contributed by atoms with Crippen molar-refractivity contribution in [1.29, 1.82) is 0 Å². The Morgan fingerprint density at radius 1 is 1.10 bits per heavy atom. The molecule has 2 fully saturated rings. The fourth-order valence-corrected chi connectivity index (χ4v) is 8.31. The molecule has 9 heteroatoms. The number of amides is 1. The van der Waals surface area contributed by atoms with E-state index in [4.69, 9.17) is 9.72 Å². The zero-order valence-corrected chi connectivity index (χ0v) is 24.4. The Morgan fingerprint density at radius 3 is 2.72 bits per heavy atom. The summed E-state index contributed by atoms with van der Waals surface area (Å²) in [5.41, 5.74) is 2.95. The Morgan fingerprint density at radius 2 is 1.92 bits per heavy atom. The second-order valence-corrected chi connectivity index (χ2v) is 13.7. The van der Waals surface area contributed by atoms with Gasteiger partial charge in [0.05, 0.1) is 12.9 Å². The number of rotatable bonds is 7. The fourth-order valence-electron chi connectivity index (χ4n) is 6.57. The maximum atomic E-state index is 13.5. The lowest BCUT2D eigenvalue weighted by Crippen LogP contribution is -2.37. The standard InChI is InChI=1S/C30H33N5O2S2/c1-29(2)14-22-15-30(3,18-29)19-34(22)27(36)24-16-38-25(31-24)17-39-28-33-32-26(20-9-8-12-23(13-20)37-4)35(28)21-10-6-5-7-11-21/h5-13,16,22H,14-15,17-19H2,1-4H3. The molecule has 6 rings (SSSR count). The van der Waals surface area contributed by atoms with Crippen LogP contribution < -0.4 is 4.74 Å². The van der Waals surface area contributed by atoms with Gasteiger partial charge in [-0.3, -0.25) is 9.36 Å². The number of thioether (sulfide) groups is 1. The third-order valence-electron chi connectivity index (χ3n) is 7.75. The zero-order valence-electron chi connectivity index (χ0n) is 22.8.